The van der Waals surface area contributed by atoms with Crippen LogP contribution in [0.2, 0.25) is 0 Å². The number of rotatable bonds is 4. The van der Waals surface area contributed by atoms with E-state index < -0.39 is 6.09 Å². The Morgan fingerprint density at radius 3 is 2.61 bits per heavy atom. The largest absolute Gasteiger partial charge is 0.506 e. The third kappa shape index (κ3) is 3.86. The zero-order valence-electron chi connectivity index (χ0n) is 15.2. The molecule has 0 radical (unpaired) electrons. The summed E-state index contributed by atoms with van der Waals surface area (Å²) in [7, 11) is 1.35. The second kappa shape index (κ2) is 7.77. The van der Waals surface area contributed by atoms with Crippen LogP contribution in [0.5, 0.6) is 0 Å². The number of hydrogen-bond donors (Lipinski definition) is 3. The number of aryl methyl sites for hydroxylation is 1. The number of aliphatic hydroxyl groups is 1. The maximum absolute atomic E-state index is 12.9. The number of anilines is 2. The van der Waals surface area contributed by atoms with Gasteiger partial charge < -0.3 is 15.5 Å². The van der Waals surface area contributed by atoms with Crippen molar-refractivity contribution < 1.29 is 24.6 Å². The van der Waals surface area contributed by atoms with E-state index in [1.165, 1.54) is 32.3 Å². The van der Waals surface area contributed by atoms with Crippen LogP contribution in [0.4, 0.5) is 15.7 Å². The molecular formula is C18H18N4O5S. The normalized spacial score (nSPS) is 13.5. The van der Waals surface area contributed by atoms with Crippen molar-refractivity contribution in [2.24, 2.45) is 0 Å². The maximum atomic E-state index is 12.9. The number of carbonyl (C=O) groups is 3. The van der Waals surface area contributed by atoms with Crippen molar-refractivity contribution in [1.82, 2.24) is 9.97 Å². The minimum Gasteiger partial charge on any atom is -0.506 e. The molecule has 0 bridgehead atoms. The van der Waals surface area contributed by atoms with Crippen LogP contribution in [0.3, 0.4) is 0 Å². The van der Waals surface area contributed by atoms with E-state index in [0.717, 1.165) is 16.2 Å². The second-order valence-corrected chi connectivity index (χ2v) is 7.23. The molecule has 0 fully saturated rings. The van der Waals surface area contributed by atoms with Crippen LogP contribution in [0, 0.1) is 0 Å². The molecule has 28 heavy (non-hydrogen) atoms. The number of hydrogen-bond acceptors (Lipinski definition) is 7. The van der Waals surface area contributed by atoms with Gasteiger partial charge in [-0.2, -0.15) is 0 Å². The molecule has 2 aromatic rings. The third-order valence-electron chi connectivity index (χ3n) is 4.24. The topological polar surface area (TPSA) is 133 Å². The quantitative estimate of drug-likeness (QED) is 0.669. The number of thiazole rings is 1. The van der Waals surface area contributed by atoms with Gasteiger partial charge in [0.05, 0.1) is 10.6 Å². The van der Waals surface area contributed by atoms with E-state index in [-0.39, 0.29) is 34.4 Å². The Hall–Kier alpha value is -3.27. The Morgan fingerprint density at radius 2 is 2.00 bits per heavy atom. The van der Waals surface area contributed by atoms with Gasteiger partial charge in [-0.25, -0.2) is 14.8 Å². The van der Waals surface area contributed by atoms with Crippen molar-refractivity contribution >= 4 is 45.8 Å². The van der Waals surface area contributed by atoms with E-state index in [9.17, 15) is 19.5 Å². The molecule has 2 aromatic heterocycles. The minimum atomic E-state index is -1.16. The lowest BCUT2D eigenvalue weighted by Gasteiger charge is -2.12. The number of nitrogens with zero attached hydrogens (tertiary/aromatic N) is 3. The summed E-state index contributed by atoms with van der Waals surface area (Å²) in [4.78, 5) is 44.8. The summed E-state index contributed by atoms with van der Waals surface area (Å²) < 4.78 is 0. The first-order chi connectivity index (χ1) is 13.3. The number of carboxylic acid groups (broad SMARTS) is 1. The van der Waals surface area contributed by atoms with Crippen LogP contribution < -0.4 is 10.2 Å². The van der Waals surface area contributed by atoms with Crippen LogP contribution in [0.15, 0.2) is 23.9 Å². The van der Waals surface area contributed by atoms with Gasteiger partial charge in [-0.05, 0) is 31.4 Å². The van der Waals surface area contributed by atoms with Crippen LogP contribution in [0.25, 0.3) is 5.76 Å². The van der Waals surface area contributed by atoms with Crippen LogP contribution in [-0.4, -0.2) is 45.0 Å². The zero-order valence-corrected chi connectivity index (χ0v) is 16.0. The highest BCUT2D eigenvalue weighted by molar-refractivity contribution is 7.16. The van der Waals surface area contributed by atoms with Gasteiger partial charge in [-0.3, -0.25) is 14.5 Å². The Kier molecular flexibility index (Phi) is 5.41. The lowest BCUT2D eigenvalue weighted by molar-refractivity contribution is -0.114. The van der Waals surface area contributed by atoms with Gasteiger partial charge in [0, 0.05) is 31.3 Å². The Bertz CT molecular complexity index is 980. The van der Waals surface area contributed by atoms with Gasteiger partial charge in [0.15, 0.2) is 10.9 Å². The smallest absolute Gasteiger partial charge is 0.412 e. The predicted molar refractivity (Wildman–Crippen MR) is 104 cm³/mol. The Morgan fingerprint density at radius 1 is 1.25 bits per heavy atom. The molecule has 0 aromatic carbocycles. The number of fused-ring (bicyclic) bond motifs is 1. The first-order valence-corrected chi connectivity index (χ1v) is 9.26. The molecule has 146 valence electrons. The summed E-state index contributed by atoms with van der Waals surface area (Å²) in [5, 5.41) is 22.7. The summed E-state index contributed by atoms with van der Waals surface area (Å²) in [6.07, 6.45) is 1.70. The van der Waals surface area contributed by atoms with Gasteiger partial charge in [0.25, 0.3) is 0 Å². The number of ketones is 1. The van der Waals surface area contributed by atoms with Crippen LogP contribution in [-0.2, 0) is 11.2 Å². The number of amides is 2. The number of Topliss-reactive ketones (excluding diaryl/α,β-unsaturated/α-hetero) is 1. The standard InChI is InChI=1S/C18H18N4O5S/c1-9(23)20-17-21-12-5-3-4-11(15(25)16(12)28-17)14(24)10-6-7-13(19-8-10)22(2)18(26)27/h6-8,25H,3-5H2,1-2H3,(H,26,27)(H,20,21,23). The van der Waals surface area contributed by atoms with E-state index in [4.69, 9.17) is 5.11 Å². The summed E-state index contributed by atoms with van der Waals surface area (Å²) >= 11 is 1.12. The molecule has 2 heterocycles. The molecule has 3 rings (SSSR count). The average Bonchev–Trinajstić information content (AvgIpc) is 2.98. The average molecular weight is 402 g/mol. The second-order valence-electron chi connectivity index (χ2n) is 6.23. The lowest BCUT2D eigenvalue weighted by atomic mass is 10.00. The summed E-state index contributed by atoms with van der Waals surface area (Å²) in [5.74, 6) is -0.593. The molecule has 0 atom stereocenters. The van der Waals surface area contributed by atoms with Crippen molar-refractivity contribution in [3.8, 4) is 0 Å². The Labute approximate surface area is 164 Å². The summed E-state index contributed by atoms with van der Waals surface area (Å²) in [6.45, 7) is 1.37. The fourth-order valence-corrected chi connectivity index (χ4v) is 3.84. The molecule has 1 aliphatic rings. The van der Waals surface area contributed by atoms with E-state index >= 15 is 0 Å². The van der Waals surface area contributed by atoms with Crippen molar-refractivity contribution in [2.45, 2.75) is 26.2 Å². The molecule has 2 amide bonds. The minimum absolute atomic E-state index is 0.140. The molecular weight excluding hydrogens is 384 g/mol. The van der Waals surface area contributed by atoms with E-state index in [1.807, 2.05) is 0 Å². The first kappa shape index (κ1) is 19.5. The molecule has 0 unspecified atom stereocenters. The van der Waals surface area contributed by atoms with E-state index in [1.54, 1.807) is 0 Å². The monoisotopic (exact) mass is 402 g/mol. The molecule has 0 saturated carbocycles. The van der Waals surface area contributed by atoms with Crippen LogP contribution in [0.1, 0.15) is 40.7 Å². The fourth-order valence-electron chi connectivity index (χ4n) is 2.81. The molecule has 10 heteroatoms. The van der Waals surface area contributed by atoms with Gasteiger partial charge in [-0.1, -0.05) is 11.3 Å². The molecule has 3 N–H and O–H groups in total. The molecule has 0 aliphatic heterocycles. The van der Waals surface area contributed by atoms with Crippen molar-refractivity contribution in [2.75, 3.05) is 17.3 Å². The molecule has 0 spiro atoms. The van der Waals surface area contributed by atoms with Gasteiger partial charge in [0.2, 0.25) is 5.91 Å². The third-order valence-corrected chi connectivity index (χ3v) is 5.26. The first-order valence-electron chi connectivity index (χ1n) is 8.45. The highest BCUT2D eigenvalue weighted by Gasteiger charge is 2.26. The highest BCUT2D eigenvalue weighted by Crippen LogP contribution is 2.36. The molecule has 9 nitrogen and oxygen atoms in total. The number of pyridine rings is 1. The number of allylic oxidation sites excluding steroid dienone is 1. The summed E-state index contributed by atoms with van der Waals surface area (Å²) in [5.41, 5.74) is 1.14. The van der Waals surface area contributed by atoms with E-state index in [2.05, 4.69) is 15.3 Å². The van der Waals surface area contributed by atoms with Crippen LogP contribution >= 0.6 is 11.3 Å². The fraction of sp³-hybridized carbons (Fsp3) is 0.278. The Balaban J connectivity index is 1.92. The number of aromatic nitrogens is 2. The highest BCUT2D eigenvalue weighted by atomic mass is 32.1. The van der Waals surface area contributed by atoms with Gasteiger partial charge in [-0.15, -0.1) is 0 Å². The lowest BCUT2D eigenvalue weighted by Crippen LogP contribution is -2.24. The molecule has 1 aliphatic carbocycles. The van der Waals surface area contributed by atoms with Gasteiger partial charge >= 0.3 is 6.09 Å². The van der Waals surface area contributed by atoms with Gasteiger partial charge in [0.1, 0.15) is 11.6 Å². The maximum Gasteiger partial charge on any atom is 0.412 e. The number of aliphatic hydroxyl groups excluding tert-OH is 1. The number of nitrogens with one attached hydrogen (secondary N) is 1. The summed E-state index contributed by atoms with van der Waals surface area (Å²) in [6, 6.07) is 2.91. The number of carbonyl (C=O) groups excluding carboxylic acids is 2. The predicted octanol–water partition coefficient (Wildman–Crippen LogP) is 3.10. The van der Waals surface area contributed by atoms with E-state index in [0.29, 0.717) is 35.0 Å². The van der Waals surface area contributed by atoms with Crippen molar-refractivity contribution in [3.05, 3.63) is 40.0 Å². The van der Waals surface area contributed by atoms with Crippen molar-refractivity contribution in [1.29, 1.82) is 0 Å². The SMILES string of the molecule is CC(=O)Nc1nc2c(s1)C(O)=C(C(=O)c1ccc(N(C)C(=O)O)nc1)CCC2. The molecule has 0 saturated heterocycles. The van der Waals surface area contributed by atoms with Crippen molar-refractivity contribution in [3.63, 3.8) is 0 Å². The zero-order chi connectivity index (χ0) is 20.4.